The van der Waals surface area contributed by atoms with Gasteiger partial charge in [-0.1, -0.05) is 24.3 Å². The molecular weight excluding hydrogens is 304 g/mol. The molecule has 122 valence electrons. The Morgan fingerprint density at radius 2 is 2.04 bits per heavy atom. The third kappa shape index (κ3) is 3.73. The Balaban J connectivity index is 1.65. The van der Waals surface area contributed by atoms with Crippen LogP contribution in [0.2, 0.25) is 0 Å². The van der Waals surface area contributed by atoms with Crippen molar-refractivity contribution in [2.75, 3.05) is 12.4 Å². The van der Waals surface area contributed by atoms with Crippen molar-refractivity contribution >= 4 is 11.7 Å². The Morgan fingerprint density at radius 1 is 1.17 bits per heavy atom. The van der Waals surface area contributed by atoms with E-state index in [1.807, 2.05) is 60.8 Å². The van der Waals surface area contributed by atoms with Crippen molar-refractivity contribution in [2.24, 2.45) is 0 Å². The van der Waals surface area contributed by atoms with Crippen molar-refractivity contribution in [1.82, 2.24) is 15.1 Å². The van der Waals surface area contributed by atoms with Gasteiger partial charge in [0.05, 0.1) is 18.5 Å². The van der Waals surface area contributed by atoms with Gasteiger partial charge in [-0.2, -0.15) is 5.10 Å². The fraction of sp³-hybridized carbons (Fsp3) is 0.111. The SMILES string of the molecule is COc1cccc(CNC(=O)Nc2ccccc2-n2cccn2)c1. The first-order valence-corrected chi connectivity index (χ1v) is 7.53. The Kier molecular flexibility index (Phi) is 4.76. The second-order valence-electron chi connectivity index (χ2n) is 5.13. The zero-order valence-electron chi connectivity index (χ0n) is 13.3. The van der Waals surface area contributed by atoms with E-state index in [0.29, 0.717) is 12.2 Å². The van der Waals surface area contributed by atoms with Crippen LogP contribution < -0.4 is 15.4 Å². The van der Waals surface area contributed by atoms with Crippen LogP contribution in [0, 0.1) is 0 Å². The van der Waals surface area contributed by atoms with Gasteiger partial charge in [0.25, 0.3) is 0 Å². The predicted octanol–water partition coefficient (Wildman–Crippen LogP) is 3.20. The van der Waals surface area contributed by atoms with E-state index in [-0.39, 0.29) is 6.03 Å². The van der Waals surface area contributed by atoms with E-state index in [1.165, 1.54) is 0 Å². The van der Waals surface area contributed by atoms with Crippen molar-refractivity contribution in [3.63, 3.8) is 0 Å². The van der Waals surface area contributed by atoms with Crippen LogP contribution in [-0.2, 0) is 6.54 Å². The molecule has 0 saturated carbocycles. The number of hydrogen-bond donors (Lipinski definition) is 2. The maximum atomic E-state index is 12.2. The standard InChI is InChI=1S/C18H18N4O2/c1-24-15-7-4-6-14(12-15)13-19-18(23)21-16-8-2-3-9-17(16)22-11-5-10-20-22/h2-12H,13H2,1H3,(H2,19,21,23). The Hall–Kier alpha value is -3.28. The van der Waals surface area contributed by atoms with E-state index in [0.717, 1.165) is 17.0 Å². The topological polar surface area (TPSA) is 68.2 Å². The first kappa shape index (κ1) is 15.6. The average molecular weight is 322 g/mol. The molecule has 0 fully saturated rings. The van der Waals surface area contributed by atoms with Gasteiger partial charge in [-0.05, 0) is 35.9 Å². The second kappa shape index (κ2) is 7.32. The smallest absolute Gasteiger partial charge is 0.319 e. The number of aromatic nitrogens is 2. The summed E-state index contributed by atoms with van der Waals surface area (Å²) in [6.45, 7) is 0.410. The van der Waals surface area contributed by atoms with Gasteiger partial charge in [0.2, 0.25) is 0 Å². The number of carbonyl (C=O) groups excluding carboxylic acids is 1. The lowest BCUT2D eigenvalue weighted by Crippen LogP contribution is -2.28. The van der Waals surface area contributed by atoms with E-state index in [4.69, 9.17) is 4.74 Å². The van der Waals surface area contributed by atoms with Crippen LogP contribution in [-0.4, -0.2) is 22.9 Å². The molecule has 3 rings (SSSR count). The number of nitrogens with zero attached hydrogens (tertiary/aromatic N) is 2. The monoisotopic (exact) mass is 322 g/mol. The molecule has 0 aliphatic carbocycles. The highest BCUT2D eigenvalue weighted by Gasteiger charge is 2.08. The first-order valence-electron chi connectivity index (χ1n) is 7.53. The van der Waals surface area contributed by atoms with Gasteiger partial charge in [0.1, 0.15) is 5.75 Å². The number of para-hydroxylation sites is 2. The third-order valence-electron chi connectivity index (χ3n) is 3.49. The molecule has 2 amide bonds. The van der Waals surface area contributed by atoms with Crippen LogP contribution in [0.15, 0.2) is 67.0 Å². The zero-order valence-corrected chi connectivity index (χ0v) is 13.3. The van der Waals surface area contributed by atoms with E-state index in [2.05, 4.69) is 15.7 Å². The molecule has 0 radical (unpaired) electrons. The lowest BCUT2D eigenvalue weighted by atomic mass is 10.2. The maximum absolute atomic E-state index is 12.2. The molecular formula is C18H18N4O2. The molecule has 2 aromatic carbocycles. The highest BCUT2D eigenvalue weighted by molar-refractivity contribution is 5.91. The average Bonchev–Trinajstić information content (AvgIpc) is 3.15. The number of urea groups is 1. The molecule has 6 nitrogen and oxygen atoms in total. The van der Waals surface area contributed by atoms with Gasteiger partial charge in [0.15, 0.2) is 0 Å². The van der Waals surface area contributed by atoms with E-state index in [9.17, 15) is 4.79 Å². The summed E-state index contributed by atoms with van der Waals surface area (Å²) in [5, 5.41) is 9.89. The van der Waals surface area contributed by atoms with Crippen LogP contribution in [0.1, 0.15) is 5.56 Å². The highest BCUT2D eigenvalue weighted by atomic mass is 16.5. The number of carbonyl (C=O) groups is 1. The Labute approximate surface area is 140 Å². The molecule has 6 heteroatoms. The van der Waals surface area contributed by atoms with Gasteiger partial charge >= 0.3 is 6.03 Å². The Morgan fingerprint density at radius 3 is 2.83 bits per heavy atom. The van der Waals surface area contributed by atoms with Crippen molar-refractivity contribution in [3.05, 3.63) is 72.6 Å². The number of nitrogens with one attached hydrogen (secondary N) is 2. The molecule has 0 unspecified atom stereocenters. The molecule has 24 heavy (non-hydrogen) atoms. The minimum Gasteiger partial charge on any atom is -0.497 e. The summed E-state index contributed by atoms with van der Waals surface area (Å²) in [6, 6.07) is 16.6. The maximum Gasteiger partial charge on any atom is 0.319 e. The molecule has 3 aromatic rings. The minimum atomic E-state index is -0.280. The van der Waals surface area contributed by atoms with Crippen LogP contribution in [0.4, 0.5) is 10.5 Å². The van der Waals surface area contributed by atoms with Crippen molar-refractivity contribution < 1.29 is 9.53 Å². The second-order valence-corrected chi connectivity index (χ2v) is 5.13. The molecule has 0 atom stereocenters. The fourth-order valence-corrected chi connectivity index (χ4v) is 2.32. The van der Waals surface area contributed by atoms with Gasteiger partial charge in [0, 0.05) is 18.9 Å². The van der Waals surface area contributed by atoms with E-state index < -0.39 is 0 Å². The number of hydrogen-bond acceptors (Lipinski definition) is 3. The van der Waals surface area contributed by atoms with Crippen molar-refractivity contribution in [1.29, 1.82) is 0 Å². The summed E-state index contributed by atoms with van der Waals surface area (Å²) >= 11 is 0. The molecule has 1 aromatic heterocycles. The fourth-order valence-electron chi connectivity index (χ4n) is 2.32. The van der Waals surface area contributed by atoms with Crippen LogP contribution in [0.5, 0.6) is 5.75 Å². The quantitative estimate of drug-likeness (QED) is 0.758. The summed E-state index contributed by atoms with van der Waals surface area (Å²) in [6.07, 6.45) is 3.52. The lowest BCUT2D eigenvalue weighted by molar-refractivity contribution is 0.251. The van der Waals surface area contributed by atoms with E-state index in [1.54, 1.807) is 18.0 Å². The molecule has 0 aliphatic heterocycles. The van der Waals surface area contributed by atoms with Gasteiger partial charge in [-0.3, -0.25) is 0 Å². The number of rotatable bonds is 5. The number of benzene rings is 2. The molecule has 0 aliphatic rings. The lowest BCUT2D eigenvalue weighted by Gasteiger charge is -2.12. The number of anilines is 1. The summed E-state index contributed by atoms with van der Waals surface area (Å²) < 4.78 is 6.88. The number of amides is 2. The van der Waals surface area contributed by atoms with Gasteiger partial charge in [-0.25, -0.2) is 9.48 Å². The largest absolute Gasteiger partial charge is 0.497 e. The van der Waals surface area contributed by atoms with Crippen LogP contribution in [0.3, 0.4) is 0 Å². The van der Waals surface area contributed by atoms with Crippen LogP contribution >= 0.6 is 0 Å². The summed E-state index contributed by atoms with van der Waals surface area (Å²) in [4.78, 5) is 12.2. The van der Waals surface area contributed by atoms with Crippen molar-refractivity contribution in [3.8, 4) is 11.4 Å². The number of methoxy groups -OCH3 is 1. The molecule has 0 saturated heterocycles. The van der Waals surface area contributed by atoms with Gasteiger partial charge in [-0.15, -0.1) is 0 Å². The predicted molar refractivity (Wildman–Crippen MR) is 92.4 cm³/mol. The Bertz CT molecular complexity index is 815. The van der Waals surface area contributed by atoms with Gasteiger partial charge < -0.3 is 15.4 Å². The molecule has 0 bridgehead atoms. The highest BCUT2D eigenvalue weighted by Crippen LogP contribution is 2.19. The number of ether oxygens (including phenoxy) is 1. The summed E-state index contributed by atoms with van der Waals surface area (Å²) in [7, 11) is 1.62. The summed E-state index contributed by atoms with van der Waals surface area (Å²) in [5.74, 6) is 0.763. The minimum absolute atomic E-state index is 0.280. The molecule has 0 spiro atoms. The summed E-state index contributed by atoms with van der Waals surface area (Å²) in [5.41, 5.74) is 2.45. The molecule has 2 N–H and O–H groups in total. The van der Waals surface area contributed by atoms with E-state index >= 15 is 0 Å². The first-order chi connectivity index (χ1) is 11.8. The molecule has 1 heterocycles. The van der Waals surface area contributed by atoms with Crippen molar-refractivity contribution in [2.45, 2.75) is 6.54 Å². The third-order valence-corrected chi connectivity index (χ3v) is 3.49. The van der Waals surface area contributed by atoms with Crippen LogP contribution in [0.25, 0.3) is 5.69 Å². The zero-order chi connectivity index (χ0) is 16.8. The normalized spacial score (nSPS) is 10.2.